The first-order valence-corrected chi connectivity index (χ1v) is 6.35. The Kier molecular flexibility index (Phi) is 4.16. The number of benzene rings is 1. The number of anilines is 1. The molecule has 0 fully saturated rings. The van der Waals surface area contributed by atoms with Gasteiger partial charge in [-0.3, -0.25) is 0 Å². The van der Waals surface area contributed by atoms with E-state index in [1.54, 1.807) is 18.6 Å². The Morgan fingerprint density at radius 1 is 1.47 bits per heavy atom. The zero-order valence-corrected chi connectivity index (χ0v) is 11.3. The second-order valence-electron chi connectivity index (χ2n) is 4.45. The second kappa shape index (κ2) is 5.84. The lowest BCUT2D eigenvalue weighted by Crippen LogP contribution is -2.34. The lowest BCUT2D eigenvalue weighted by Gasteiger charge is -2.32. The average Bonchev–Trinajstić information content (AvgIpc) is 2.82. The highest BCUT2D eigenvalue weighted by atomic mass is 19.1. The fourth-order valence-electron chi connectivity index (χ4n) is 2.33. The SMILES string of the molecule is CCN(c1cccc(F)c1)C(CN)c1cncn1C. The summed E-state index contributed by atoms with van der Waals surface area (Å²) >= 11 is 0. The Labute approximate surface area is 112 Å². The second-order valence-corrected chi connectivity index (χ2v) is 4.45. The summed E-state index contributed by atoms with van der Waals surface area (Å²) in [7, 11) is 1.93. The van der Waals surface area contributed by atoms with Crippen molar-refractivity contribution in [3.8, 4) is 0 Å². The van der Waals surface area contributed by atoms with E-state index in [1.807, 2.05) is 24.6 Å². The van der Waals surface area contributed by atoms with Gasteiger partial charge in [0.1, 0.15) is 5.82 Å². The molecule has 2 rings (SSSR count). The number of aromatic nitrogens is 2. The Bertz CT molecular complexity index is 538. The van der Waals surface area contributed by atoms with E-state index in [0.29, 0.717) is 6.54 Å². The summed E-state index contributed by atoms with van der Waals surface area (Å²) in [5.74, 6) is -0.239. The van der Waals surface area contributed by atoms with Crippen LogP contribution in [-0.2, 0) is 7.05 Å². The number of hydrogen-bond donors (Lipinski definition) is 1. The number of halogens is 1. The van der Waals surface area contributed by atoms with Crippen LogP contribution in [0.1, 0.15) is 18.7 Å². The molecule has 2 N–H and O–H groups in total. The Morgan fingerprint density at radius 2 is 2.26 bits per heavy atom. The van der Waals surface area contributed by atoms with Crippen LogP contribution in [0, 0.1) is 5.82 Å². The van der Waals surface area contributed by atoms with Crippen LogP contribution in [0.2, 0.25) is 0 Å². The van der Waals surface area contributed by atoms with Gasteiger partial charge in [-0.2, -0.15) is 0 Å². The van der Waals surface area contributed by atoms with Crippen molar-refractivity contribution in [2.24, 2.45) is 12.8 Å². The van der Waals surface area contributed by atoms with Crippen molar-refractivity contribution >= 4 is 5.69 Å². The first-order chi connectivity index (χ1) is 9.17. The van der Waals surface area contributed by atoms with Crippen LogP contribution in [0.4, 0.5) is 10.1 Å². The summed E-state index contributed by atoms with van der Waals surface area (Å²) in [6.45, 7) is 3.23. The van der Waals surface area contributed by atoms with E-state index in [-0.39, 0.29) is 11.9 Å². The smallest absolute Gasteiger partial charge is 0.125 e. The lowest BCUT2D eigenvalue weighted by atomic mass is 10.1. The molecule has 102 valence electrons. The van der Waals surface area contributed by atoms with Crippen LogP contribution >= 0.6 is 0 Å². The molecule has 0 aliphatic heterocycles. The van der Waals surface area contributed by atoms with Crippen molar-refractivity contribution in [2.75, 3.05) is 18.0 Å². The maximum absolute atomic E-state index is 13.4. The largest absolute Gasteiger partial charge is 0.362 e. The monoisotopic (exact) mass is 262 g/mol. The Morgan fingerprint density at radius 3 is 2.79 bits per heavy atom. The predicted molar refractivity (Wildman–Crippen MR) is 74.4 cm³/mol. The normalized spacial score (nSPS) is 12.4. The fraction of sp³-hybridized carbons (Fsp3) is 0.357. The molecule has 19 heavy (non-hydrogen) atoms. The molecule has 1 atom stereocenters. The number of nitrogens with zero attached hydrogens (tertiary/aromatic N) is 3. The van der Waals surface area contributed by atoms with Crippen LogP contribution in [0.15, 0.2) is 36.8 Å². The van der Waals surface area contributed by atoms with Gasteiger partial charge in [0.25, 0.3) is 0 Å². The standard InChI is InChI=1S/C14H19FN4/c1-3-19(12-6-4-5-11(15)7-12)13(8-16)14-9-17-10-18(14)2/h4-7,9-10,13H,3,8,16H2,1-2H3. The van der Waals surface area contributed by atoms with E-state index in [9.17, 15) is 4.39 Å². The Balaban J connectivity index is 2.37. The van der Waals surface area contributed by atoms with Crippen molar-refractivity contribution in [2.45, 2.75) is 13.0 Å². The van der Waals surface area contributed by atoms with Gasteiger partial charge in [-0.15, -0.1) is 0 Å². The van der Waals surface area contributed by atoms with Crippen molar-refractivity contribution in [3.63, 3.8) is 0 Å². The van der Waals surface area contributed by atoms with Crippen LogP contribution in [-0.4, -0.2) is 22.6 Å². The topological polar surface area (TPSA) is 47.1 Å². The molecular formula is C14H19FN4. The summed E-state index contributed by atoms with van der Waals surface area (Å²) in [5.41, 5.74) is 7.76. The van der Waals surface area contributed by atoms with Gasteiger partial charge >= 0.3 is 0 Å². The van der Waals surface area contributed by atoms with E-state index in [0.717, 1.165) is 17.9 Å². The number of nitrogens with two attached hydrogens (primary N) is 1. The van der Waals surface area contributed by atoms with Crippen LogP contribution < -0.4 is 10.6 Å². The molecule has 1 aromatic carbocycles. The van der Waals surface area contributed by atoms with Gasteiger partial charge < -0.3 is 15.2 Å². The minimum atomic E-state index is -0.239. The average molecular weight is 262 g/mol. The zero-order chi connectivity index (χ0) is 13.8. The molecule has 0 saturated carbocycles. The molecule has 4 nitrogen and oxygen atoms in total. The summed E-state index contributed by atoms with van der Waals surface area (Å²) in [4.78, 5) is 6.21. The minimum absolute atomic E-state index is 0.0145. The highest BCUT2D eigenvalue weighted by molar-refractivity contribution is 5.48. The molecule has 0 aliphatic rings. The van der Waals surface area contributed by atoms with Crippen molar-refractivity contribution in [1.29, 1.82) is 0 Å². The third-order valence-electron chi connectivity index (χ3n) is 3.28. The van der Waals surface area contributed by atoms with E-state index >= 15 is 0 Å². The highest BCUT2D eigenvalue weighted by Crippen LogP contribution is 2.26. The summed E-state index contributed by atoms with van der Waals surface area (Å²) in [6, 6.07) is 6.57. The fourth-order valence-corrected chi connectivity index (χ4v) is 2.33. The molecule has 2 aromatic rings. The number of hydrogen-bond acceptors (Lipinski definition) is 3. The van der Waals surface area contributed by atoms with Crippen LogP contribution in [0.5, 0.6) is 0 Å². The lowest BCUT2D eigenvalue weighted by molar-refractivity contribution is 0.594. The molecule has 0 saturated heterocycles. The first-order valence-electron chi connectivity index (χ1n) is 6.35. The molecule has 0 radical (unpaired) electrons. The molecule has 1 heterocycles. The predicted octanol–water partition coefficient (Wildman–Crippen LogP) is 2.09. The van der Waals surface area contributed by atoms with E-state index < -0.39 is 0 Å². The highest BCUT2D eigenvalue weighted by Gasteiger charge is 2.21. The molecule has 1 unspecified atom stereocenters. The van der Waals surface area contributed by atoms with E-state index in [2.05, 4.69) is 9.88 Å². The summed E-state index contributed by atoms with van der Waals surface area (Å²) in [6.07, 6.45) is 3.55. The summed E-state index contributed by atoms with van der Waals surface area (Å²) in [5, 5.41) is 0. The zero-order valence-electron chi connectivity index (χ0n) is 11.3. The number of aryl methyl sites for hydroxylation is 1. The molecular weight excluding hydrogens is 243 g/mol. The maximum Gasteiger partial charge on any atom is 0.125 e. The van der Waals surface area contributed by atoms with Crippen molar-refractivity contribution < 1.29 is 4.39 Å². The van der Waals surface area contributed by atoms with Gasteiger partial charge in [-0.05, 0) is 25.1 Å². The maximum atomic E-state index is 13.4. The third kappa shape index (κ3) is 2.76. The van der Waals surface area contributed by atoms with E-state index in [1.165, 1.54) is 12.1 Å². The molecule has 5 heteroatoms. The van der Waals surface area contributed by atoms with E-state index in [4.69, 9.17) is 5.73 Å². The molecule has 0 amide bonds. The van der Waals surface area contributed by atoms with Gasteiger partial charge in [0.15, 0.2) is 0 Å². The third-order valence-corrected chi connectivity index (χ3v) is 3.28. The van der Waals surface area contributed by atoms with Gasteiger partial charge in [0, 0.05) is 25.8 Å². The van der Waals surface area contributed by atoms with Crippen molar-refractivity contribution in [1.82, 2.24) is 9.55 Å². The molecule has 0 spiro atoms. The van der Waals surface area contributed by atoms with Gasteiger partial charge in [0.05, 0.1) is 24.3 Å². The quantitative estimate of drug-likeness (QED) is 0.897. The number of likely N-dealkylation sites (N-methyl/N-ethyl adjacent to an activating group) is 1. The Hall–Kier alpha value is -1.88. The van der Waals surface area contributed by atoms with Gasteiger partial charge in [-0.25, -0.2) is 9.37 Å². The summed E-state index contributed by atoms with van der Waals surface area (Å²) < 4.78 is 15.3. The van der Waals surface area contributed by atoms with Crippen LogP contribution in [0.25, 0.3) is 0 Å². The molecule has 0 aliphatic carbocycles. The van der Waals surface area contributed by atoms with Gasteiger partial charge in [-0.1, -0.05) is 6.07 Å². The van der Waals surface area contributed by atoms with Crippen molar-refractivity contribution in [3.05, 3.63) is 48.3 Å². The number of imidazole rings is 1. The van der Waals surface area contributed by atoms with Gasteiger partial charge in [0.2, 0.25) is 0 Å². The number of rotatable bonds is 5. The minimum Gasteiger partial charge on any atom is -0.362 e. The molecule has 0 bridgehead atoms. The van der Waals surface area contributed by atoms with Crippen LogP contribution in [0.3, 0.4) is 0 Å². The first kappa shape index (κ1) is 13.5. The molecule has 1 aromatic heterocycles.